The van der Waals surface area contributed by atoms with Crippen LogP contribution in [0.25, 0.3) is 10.9 Å². The van der Waals surface area contributed by atoms with Crippen LogP contribution in [0, 0.1) is 10.1 Å². The van der Waals surface area contributed by atoms with Gasteiger partial charge in [-0.05, 0) is 30.5 Å². The molecule has 0 saturated heterocycles. The van der Waals surface area contributed by atoms with E-state index in [0.717, 1.165) is 24.8 Å². The summed E-state index contributed by atoms with van der Waals surface area (Å²) in [6.07, 6.45) is 4.35. The highest BCUT2D eigenvalue weighted by molar-refractivity contribution is 6.37. The maximum atomic E-state index is 10.8. The highest BCUT2D eigenvalue weighted by Crippen LogP contribution is 2.31. The molecule has 0 unspecified atom stereocenters. The fourth-order valence-corrected chi connectivity index (χ4v) is 2.13. The molecule has 18 heavy (non-hydrogen) atoms. The molecule has 5 heteroatoms. The van der Waals surface area contributed by atoms with Crippen molar-refractivity contribution in [3.63, 3.8) is 0 Å². The van der Waals surface area contributed by atoms with E-state index in [1.54, 1.807) is 0 Å². The van der Waals surface area contributed by atoms with Crippen LogP contribution in [-0.4, -0.2) is 9.91 Å². The van der Waals surface area contributed by atoms with Gasteiger partial charge in [-0.2, -0.15) is 0 Å². The minimum Gasteiger partial charge on any atom is -0.258 e. The molecule has 4 nitrogen and oxygen atoms in total. The van der Waals surface area contributed by atoms with E-state index in [1.165, 1.54) is 6.20 Å². The fraction of sp³-hybridized carbons (Fsp3) is 0.308. The molecule has 0 fully saturated rings. The summed E-state index contributed by atoms with van der Waals surface area (Å²) in [6.45, 7) is 2.13. The number of benzene rings is 1. The summed E-state index contributed by atoms with van der Waals surface area (Å²) in [5.41, 5.74) is 1.68. The minimum atomic E-state index is -0.506. The molecular weight excluding hydrogens is 252 g/mol. The first-order chi connectivity index (χ1) is 8.63. The second-order valence-electron chi connectivity index (χ2n) is 4.17. The summed E-state index contributed by atoms with van der Waals surface area (Å²) in [5, 5.41) is 11.6. The summed E-state index contributed by atoms with van der Waals surface area (Å²) in [4.78, 5) is 14.4. The summed E-state index contributed by atoms with van der Waals surface area (Å²) < 4.78 is 0. The zero-order valence-corrected chi connectivity index (χ0v) is 10.8. The molecule has 1 heterocycles. The molecule has 2 aromatic rings. The van der Waals surface area contributed by atoms with Crippen LogP contribution in [0.1, 0.15) is 25.3 Å². The topological polar surface area (TPSA) is 56.0 Å². The van der Waals surface area contributed by atoms with Gasteiger partial charge in [0.1, 0.15) is 11.2 Å². The average Bonchev–Trinajstić information content (AvgIpc) is 2.36. The van der Waals surface area contributed by atoms with Crippen LogP contribution in [0.3, 0.4) is 0 Å². The molecule has 0 saturated carbocycles. The number of aryl methyl sites for hydroxylation is 1. The number of nitrogens with zero attached hydrogens (tertiary/aromatic N) is 2. The van der Waals surface area contributed by atoms with Crippen LogP contribution in [-0.2, 0) is 6.42 Å². The average molecular weight is 265 g/mol. The third-order valence-electron chi connectivity index (χ3n) is 2.86. The Morgan fingerprint density at radius 3 is 2.89 bits per heavy atom. The second-order valence-corrected chi connectivity index (χ2v) is 4.55. The van der Waals surface area contributed by atoms with Crippen LogP contribution < -0.4 is 0 Å². The summed E-state index contributed by atoms with van der Waals surface area (Å²) in [5.74, 6) is 0. The van der Waals surface area contributed by atoms with Crippen molar-refractivity contribution in [1.29, 1.82) is 0 Å². The lowest BCUT2D eigenvalue weighted by Crippen LogP contribution is -1.93. The number of halogens is 1. The second kappa shape index (κ2) is 5.31. The van der Waals surface area contributed by atoms with Gasteiger partial charge in [0.25, 0.3) is 0 Å². The van der Waals surface area contributed by atoms with Gasteiger partial charge in [0.15, 0.2) is 0 Å². The third-order valence-corrected chi connectivity index (χ3v) is 3.26. The Balaban J connectivity index is 2.52. The molecule has 0 amide bonds. The molecular formula is C13H13ClN2O2. The first-order valence-electron chi connectivity index (χ1n) is 5.85. The lowest BCUT2D eigenvalue weighted by atomic mass is 10.1. The molecule has 0 bridgehead atoms. The van der Waals surface area contributed by atoms with Gasteiger partial charge >= 0.3 is 5.69 Å². The molecule has 0 N–H and O–H groups in total. The van der Waals surface area contributed by atoms with Gasteiger partial charge in [-0.1, -0.05) is 31.0 Å². The Labute approximate surface area is 110 Å². The van der Waals surface area contributed by atoms with Gasteiger partial charge in [-0.3, -0.25) is 10.1 Å². The summed E-state index contributed by atoms with van der Waals surface area (Å²) in [7, 11) is 0. The quantitative estimate of drug-likeness (QED) is 0.616. The van der Waals surface area contributed by atoms with Crippen molar-refractivity contribution < 1.29 is 4.92 Å². The van der Waals surface area contributed by atoms with Crippen molar-refractivity contribution >= 4 is 28.2 Å². The maximum absolute atomic E-state index is 10.8. The van der Waals surface area contributed by atoms with E-state index in [-0.39, 0.29) is 10.7 Å². The number of fused-ring (bicyclic) bond motifs is 1. The number of pyridine rings is 1. The fourth-order valence-electron chi connectivity index (χ4n) is 1.86. The van der Waals surface area contributed by atoms with Gasteiger partial charge < -0.3 is 0 Å². The first-order valence-corrected chi connectivity index (χ1v) is 6.22. The maximum Gasteiger partial charge on any atom is 0.306 e. The highest BCUT2D eigenvalue weighted by Gasteiger charge is 2.16. The number of aromatic nitrogens is 1. The lowest BCUT2D eigenvalue weighted by Gasteiger charge is -2.04. The lowest BCUT2D eigenvalue weighted by molar-refractivity contribution is -0.384. The van der Waals surface area contributed by atoms with Crippen molar-refractivity contribution in [3.05, 3.63) is 45.1 Å². The Morgan fingerprint density at radius 2 is 2.22 bits per heavy atom. The van der Waals surface area contributed by atoms with Crippen LogP contribution in [0.2, 0.25) is 5.02 Å². The van der Waals surface area contributed by atoms with Crippen molar-refractivity contribution in [2.75, 3.05) is 0 Å². The molecule has 0 aliphatic carbocycles. The number of unbranched alkanes of at least 4 members (excludes halogenated alkanes) is 1. The summed E-state index contributed by atoms with van der Waals surface area (Å²) >= 11 is 6.06. The van der Waals surface area contributed by atoms with Crippen LogP contribution in [0.15, 0.2) is 24.4 Å². The van der Waals surface area contributed by atoms with Crippen molar-refractivity contribution in [1.82, 2.24) is 4.98 Å². The zero-order valence-electron chi connectivity index (χ0n) is 10.0. The number of hydrogen-bond acceptors (Lipinski definition) is 3. The Morgan fingerprint density at radius 1 is 1.44 bits per heavy atom. The van der Waals surface area contributed by atoms with E-state index >= 15 is 0 Å². The minimum absolute atomic E-state index is 0.142. The Bertz CT molecular complexity index is 599. The molecule has 1 aromatic carbocycles. The van der Waals surface area contributed by atoms with Gasteiger partial charge in [-0.25, -0.2) is 4.98 Å². The molecule has 0 aliphatic heterocycles. The standard InChI is InChI=1S/C13H13ClN2O2/c1-2-3-4-9-5-6-11-10(7-9)13(14)12(8-15-11)16(17)18/h5-8H,2-4H2,1H3. The first kappa shape index (κ1) is 12.8. The largest absolute Gasteiger partial charge is 0.306 e. The van der Waals surface area contributed by atoms with E-state index in [1.807, 2.05) is 18.2 Å². The predicted molar refractivity (Wildman–Crippen MR) is 72.0 cm³/mol. The van der Waals surface area contributed by atoms with E-state index < -0.39 is 4.92 Å². The van der Waals surface area contributed by atoms with E-state index in [2.05, 4.69) is 11.9 Å². The van der Waals surface area contributed by atoms with Gasteiger partial charge in [0, 0.05) is 5.39 Å². The van der Waals surface area contributed by atoms with Gasteiger partial charge in [0.2, 0.25) is 0 Å². The smallest absolute Gasteiger partial charge is 0.258 e. The molecule has 0 atom stereocenters. The molecule has 0 spiro atoms. The zero-order chi connectivity index (χ0) is 13.1. The van der Waals surface area contributed by atoms with Gasteiger partial charge in [-0.15, -0.1) is 0 Å². The van der Waals surface area contributed by atoms with Crippen LogP contribution >= 0.6 is 11.6 Å². The van der Waals surface area contributed by atoms with Gasteiger partial charge in [0.05, 0.1) is 10.4 Å². The van der Waals surface area contributed by atoms with Crippen molar-refractivity contribution in [2.45, 2.75) is 26.2 Å². The predicted octanol–water partition coefficient (Wildman–Crippen LogP) is 4.14. The van der Waals surface area contributed by atoms with Crippen molar-refractivity contribution in [3.8, 4) is 0 Å². The Kier molecular flexibility index (Phi) is 3.77. The molecule has 1 aromatic heterocycles. The summed E-state index contributed by atoms with van der Waals surface area (Å²) in [6, 6.07) is 5.75. The molecule has 2 rings (SSSR count). The normalized spacial score (nSPS) is 10.8. The van der Waals surface area contributed by atoms with Crippen molar-refractivity contribution in [2.24, 2.45) is 0 Å². The van der Waals surface area contributed by atoms with Crippen LogP contribution in [0.4, 0.5) is 5.69 Å². The number of rotatable bonds is 4. The number of nitro groups is 1. The SMILES string of the molecule is CCCCc1ccc2ncc([N+](=O)[O-])c(Cl)c2c1. The van der Waals surface area contributed by atoms with E-state index in [0.29, 0.717) is 10.9 Å². The van der Waals surface area contributed by atoms with E-state index in [4.69, 9.17) is 11.6 Å². The Hall–Kier alpha value is -1.68. The highest BCUT2D eigenvalue weighted by atomic mass is 35.5. The molecule has 0 aliphatic rings. The molecule has 94 valence electrons. The molecule has 0 radical (unpaired) electrons. The van der Waals surface area contributed by atoms with E-state index in [9.17, 15) is 10.1 Å². The number of hydrogen-bond donors (Lipinski definition) is 0. The third kappa shape index (κ3) is 2.43. The van der Waals surface area contributed by atoms with Crippen LogP contribution in [0.5, 0.6) is 0 Å². The monoisotopic (exact) mass is 264 g/mol.